The zero-order valence-electron chi connectivity index (χ0n) is 12.9. The Morgan fingerprint density at radius 1 is 1.00 bits per heavy atom. The molecule has 2 amide bonds. The molecule has 0 aromatic heterocycles. The molecule has 5 heteroatoms. The van der Waals surface area contributed by atoms with Gasteiger partial charge in [0.25, 0.3) is 0 Å². The summed E-state index contributed by atoms with van der Waals surface area (Å²) in [6, 6.07) is 14.5. The van der Waals surface area contributed by atoms with E-state index >= 15 is 0 Å². The Morgan fingerprint density at radius 3 is 2.43 bits per heavy atom. The average molecular weight is 331 g/mol. The number of nitrogens with one attached hydrogen (secondary N) is 2. The quantitative estimate of drug-likeness (QED) is 0.831. The van der Waals surface area contributed by atoms with Gasteiger partial charge < -0.3 is 10.6 Å². The van der Waals surface area contributed by atoms with Gasteiger partial charge in [0.15, 0.2) is 0 Å². The summed E-state index contributed by atoms with van der Waals surface area (Å²) in [6.45, 7) is 1.94. The van der Waals surface area contributed by atoms with Crippen LogP contribution in [0.1, 0.15) is 25.3 Å². The van der Waals surface area contributed by atoms with Crippen LogP contribution in [0.3, 0.4) is 0 Å². The molecule has 0 saturated heterocycles. The van der Waals surface area contributed by atoms with E-state index in [0.717, 1.165) is 12.0 Å². The Hall–Kier alpha value is -2.33. The Bertz CT molecular complexity index is 687. The molecule has 0 aliphatic rings. The standard InChI is InChI=1S/C18H19ClN2O2/c1-2-6-17(22)20-14-9-10-15(19)16(12-14)21-18(23)11-13-7-4-3-5-8-13/h3-5,7-10,12H,2,6,11H2,1H3,(H,20,22)(H,21,23). The molecule has 0 spiro atoms. The SMILES string of the molecule is CCCC(=O)Nc1ccc(Cl)c(NC(=O)Cc2ccccc2)c1. The second kappa shape index (κ2) is 8.34. The maximum atomic E-state index is 12.1. The van der Waals surface area contributed by atoms with Crippen molar-refractivity contribution in [2.24, 2.45) is 0 Å². The topological polar surface area (TPSA) is 58.2 Å². The van der Waals surface area contributed by atoms with Crippen molar-refractivity contribution in [1.82, 2.24) is 0 Å². The van der Waals surface area contributed by atoms with Crippen molar-refractivity contribution in [1.29, 1.82) is 0 Å². The molecule has 0 atom stereocenters. The van der Waals surface area contributed by atoms with Gasteiger partial charge in [0.2, 0.25) is 11.8 Å². The molecule has 2 aromatic rings. The van der Waals surface area contributed by atoms with E-state index in [1.165, 1.54) is 0 Å². The van der Waals surface area contributed by atoms with Gasteiger partial charge in [-0.3, -0.25) is 9.59 Å². The van der Waals surface area contributed by atoms with Crippen molar-refractivity contribution in [2.75, 3.05) is 10.6 Å². The molecule has 0 aliphatic heterocycles. The van der Waals surface area contributed by atoms with E-state index in [1.54, 1.807) is 18.2 Å². The Labute approximate surface area is 140 Å². The van der Waals surface area contributed by atoms with Crippen LogP contribution in [0.2, 0.25) is 5.02 Å². The van der Waals surface area contributed by atoms with Crippen LogP contribution >= 0.6 is 11.6 Å². The zero-order chi connectivity index (χ0) is 16.7. The van der Waals surface area contributed by atoms with Crippen molar-refractivity contribution in [3.63, 3.8) is 0 Å². The highest BCUT2D eigenvalue weighted by molar-refractivity contribution is 6.33. The van der Waals surface area contributed by atoms with Crippen LogP contribution < -0.4 is 10.6 Å². The summed E-state index contributed by atoms with van der Waals surface area (Å²) >= 11 is 6.11. The summed E-state index contributed by atoms with van der Waals surface area (Å²) < 4.78 is 0. The molecule has 4 nitrogen and oxygen atoms in total. The molecule has 2 aromatic carbocycles. The lowest BCUT2D eigenvalue weighted by atomic mass is 10.1. The van der Waals surface area contributed by atoms with Crippen molar-refractivity contribution in [2.45, 2.75) is 26.2 Å². The monoisotopic (exact) mass is 330 g/mol. The number of carbonyl (C=O) groups excluding carboxylic acids is 2. The Balaban J connectivity index is 2.03. The molecule has 0 fully saturated rings. The highest BCUT2D eigenvalue weighted by Crippen LogP contribution is 2.26. The first-order valence-corrected chi connectivity index (χ1v) is 7.89. The predicted molar refractivity (Wildman–Crippen MR) is 93.8 cm³/mol. The highest BCUT2D eigenvalue weighted by atomic mass is 35.5. The third kappa shape index (κ3) is 5.42. The van der Waals surface area contributed by atoms with Crippen LogP contribution in [-0.2, 0) is 16.0 Å². The lowest BCUT2D eigenvalue weighted by Crippen LogP contribution is -2.15. The first kappa shape index (κ1) is 17.0. The van der Waals surface area contributed by atoms with Crippen molar-refractivity contribution in [3.8, 4) is 0 Å². The lowest BCUT2D eigenvalue weighted by molar-refractivity contribution is -0.116. The van der Waals surface area contributed by atoms with Gasteiger partial charge in [0.1, 0.15) is 0 Å². The van der Waals surface area contributed by atoms with Gasteiger partial charge in [0, 0.05) is 12.1 Å². The average Bonchev–Trinajstić information content (AvgIpc) is 2.52. The van der Waals surface area contributed by atoms with E-state index < -0.39 is 0 Å². The molecule has 23 heavy (non-hydrogen) atoms. The second-order valence-electron chi connectivity index (χ2n) is 5.20. The van der Waals surface area contributed by atoms with E-state index in [0.29, 0.717) is 22.8 Å². The minimum Gasteiger partial charge on any atom is -0.326 e. The number of rotatable bonds is 6. The fourth-order valence-corrected chi connectivity index (χ4v) is 2.29. The summed E-state index contributed by atoms with van der Waals surface area (Å²) in [6.07, 6.45) is 1.50. The number of halogens is 1. The third-order valence-electron chi connectivity index (χ3n) is 3.21. The molecule has 0 unspecified atom stereocenters. The first-order valence-electron chi connectivity index (χ1n) is 7.51. The highest BCUT2D eigenvalue weighted by Gasteiger charge is 2.09. The van der Waals surface area contributed by atoms with Gasteiger partial charge in [-0.15, -0.1) is 0 Å². The largest absolute Gasteiger partial charge is 0.326 e. The number of hydrogen-bond acceptors (Lipinski definition) is 2. The maximum Gasteiger partial charge on any atom is 0.228 e. The van der Waals surface area contributed by atoms with Crippen LogP contribution in [-0.4, -0.2) is 11.8 Å². The van der Waals surface area contributed by atoms with E-state index in [-0.39, 0.29) is 18.2 Å². The van der Waals surface area contributed by atoms with Gasteiger partial charge in [-0.05, 0) is 30.2 Å². The molecular weight excluding hydrogens is 312 g/mol. The molecule has 0 heterocycles. The number of hydrogen-bond donors (Lipinski definition) is 2. The molecule has 0 saturated carbocycles. The van der Waals surface area contributed by atoms with E-state index in [4.69, 9.17) is 11.6 Å². The third-order valence-corrected chi connectivity index (χ3v) is 3.54. The Morgan fingerprint density at radius 2 is 1.74 bits per heavy atom. The number of amides is 2. The van der Waals surface area contributed by atoms with Crippen LogP contribution in [0.25, 0.3) is 0 Å². The number of benzene rings is 2. The van der Waals surface area contributed by atoms with E-state index in [1.807, 2.05) is 37.3 Å². The normalized spacial score (nSPS) is 10.2. The van der Waals surface area contributed by atoms with Crippen molar-refractivity contribution >= 4 is 34.8 Å². The molecule has 2 N–H and O–H groups in total. The minimum atomic E-state index is -0.157. The fourth-order valence-electron chi connectivity index (χ4n) is 2.13. The van der Waals surface area contributed by atoms with E-state index in [2.05, 4.69) is 10.6 Å². The summed E-state index contributed by atoms with van der Waals surface area (Å²) in [7, 11) is 0. The molecule has 0 radical (unpaired) electrons. The van der Waals surface area contributed by atoms with Gasteiger partial charge in [-0.1, -0.05) is 48.9 Å². The number of anilines is 2. The van der Waals surface area contributed by atoms with Crippen molar-refractivity contribution < 1.29 is 9.59 Å². The fraction of sp³-hybridized carbons (Fsp3) is 0.222. The van der Waals surface area contributed by atoms with Gasteiger partial charge in [0.05, 0.1) is 17.1 Å². The molecule has 0 aliphatic carbocycles. The summed E-state index contributed by atoms with van der Waals surface area (Å²) in [5.74, 6) is -0.216. The van der Waals surface area contributed by atoms with Gasteiger partial charge >= 0.3 is 0 Å². The maximum absolute atomic E-state index is 12.1. The number of carbonyl (C=O) groups is 2. The van der Waals surface area contributed by atoms with Crippen LogP contribution in [0.4, 0.5) is 11.4 Å². The minimum absolute atomic E-state index is 0.0589. The van der Waals surface area contributed by atoms with Gasteiger partial charge in [-0.2, -0.15) is 0 Å². The van der Waals surface area contributed by atoms with Gasteiger partial charge in [-0.25, -0.2) is 0 Å². The summed E-state index contributed by atoms with van der Waals surface area (Å²) in [5, 5.41) is 6.00. The molecule has 120 valence electrons. The first-order chi connectivity index (χ1) is 11.1. The van der Waals surface area contributed by atoms with Crippen molar-refractivity contribution in [3.05, 3.63) is 59.1 Å². The molecule has 2 rings (SSSR count). The second-order valence-corrected chi connectivity index (χ2v) is 5.61. The van der Waals surface area contributed by atoms with E-state index in [9.17, 15) is 9.59 Å². The van der Waals surface area contributed by atoms with Crippen LogP contribution in [0.15, 0.2) is 48.5 Å². The molecular formula is C18H19ClN2O2. The predicted octanol–water partition coefficient (Wildman–Crippen LogP) is 4.26. The van der Waals surface area contributed by atoms with Crippen LogP contribution in [0.5, 0.6) is 0 Å². The smallest absolute Gasteiger partial charge is 0.228 e. The zero-order valence-corrected chi connectivity index (χ0v) is 13.7. The molecule has 0 bridgehead atoms. The Kier molecular flexibility index (Phi) is 6.18. The lowest BCUT2D eigenvalue weighted by Gasteiger charge is -2.10. The van der Waals surface area contributed by atoms with Crippen LogP contribution in [0, 0.1) is 0 Å². The summed E-state index contributed by atoms with van der Waals surface area (Å²) in [4.78, 5) is 23.8. The summed E-state index contributed by atoms with van der Waals surface area (Å²) in [5.41, 5.74) is 2.03.